The summed E-state index contributed by atoms with van der Waals surface area (Å²) in [6, 6.07) is 3.17. The van der Waals surface area contributed by atoms with E-state index in [0.29, 0.717) is 0 Å². The summed E-state index contributed by atoms with van der Waals surface area (Å²) >= 11 is 0. The van der Waals surface area contributed by atoms with Crippen LogP contribution in [0.15, 0.2) is 18.2 Å². The second-order valence-corrected chi connectivity index (χ2v) is 3.08. The minimum Gasteiger partial charge on any atom is -0.505 e. The van der Waals surface area contributed by atoms with Gasteiger partial charge in [-0.1, -0.05) is 12.1 Å². The fraction of sp³-hybridized carbons (Fsp3) is 0.300. The number of nitrogens with two attached hydrogens (primary N) is 1. The minimum absolute atomic E-state index is 0.0380. The van der Waals surface area contributed by atoms with Gasteiger partial charge in [0.15, 0.2) is 11.6 Å². The summed E-state index contributed by atoms with van der Waals surface area (Å²) < 4.78 is 17.3. The number of hydrogen-bond donors (Lipinski definition) is 2. The number of phenols is 1. The fourth-order valence-corrected chi connectivity index (χ4v) is 1.20. The summed E-state index contributed by atoms with van der Waals surface area (Å²) in [6.45, 7) is 0. The largest absolute Gasteiger partial charge is 0.505 e. The molecule has 0 radical (unpaired) electrons. The van der Waals surface area contributed by atoms with Gasteiger partial charge in [-0.15, -0.1) is 0 Å². The first-order valence-electron chi connectivity index (χ1n) is 4.36. The van der Waals surface area contributed by atoms with Crippen molar-refractivity contribution < 1.29 is 19.0 Å². The topological polar surface area (TPSA) is 72.5 Å². The van der Waals surface area contributed by atoms with E-state index in [9.17, 15) is 14.3 Å². The molecule has 1 aromatic carbocycles. The highest BCUT2D eigenvalue weighted by Gasteiger charge is 2.17. The van der Waals surface area contributed by atoms with E-state index >= 15 is 0 Å². The number of ether oxygens (including phenoxy) is 1. The van der Waals surface area contributed by atoms with Crippen LogP contribution in [0.5, 0.6) is 5.75 Å². The van der Waals surface area contributed by atoms with Crippen LogP contribution in [0.4, 0.5) is 4.39 Å². The third-order valence-corrected chi connectivity index (χ3v) is 2.01. The second-order valence-electron chi connectivity index (χ2n) is 3.08. The number of methoxy groups -OCH3 is 1. The average Bonchev–Trinajstić information content (AvgIpc) is 2.23. The van der Waals surface area contributed by atoms with Gasteiger partial charge in [0.05, 0.1) is 7.11 Å². The molecular formula is C10H12FNO3. The second kappa shape index (κ2) is 4.75. The van der Waals surface area contributed by atoms with Crippen molar-refractivity contribution in [3.05, 3.63) is 29.6 Å². The highest BCUT2D eigenvalue weighted by molar-refractivity contribution is 5.75. The van der Waals surface area contributed by atoms with Crippen molar-refractivity contribution in [2.24, 2.45) is 5.73 Å². The van der Waals surface area contributed by atoms with Gasteiger partial charge in [0.25, 0.3) is 0 Å². The minimum atomic E-state index is -0.900. The molecule has 1 atom stereocenters. The molecule has 3 N–H and O–H groups in total. The van der Waals surface area contributed by atoms with Crippen LogP contribution in [0.1, 0.15) is 5.56 Å². The molecule has 0 unspecified atom stereocenters. The Labute approximate surface area is 86.5 Å². The Kier molecular flexibility index (Phi) is 3.62. The molecule has 0 aliphatic carbocycles. The summed E-state index contributed by atoms with van der Waals surface area (Å²) in [5, 5.41) is 9.32. The third-order valence-electron chi connectivity index (χ3n) is 2.01. The lowest BCUT2D eigenvalue weighted by Crippen LogP contribution is -2.33. The Balaban J connectivity index is 2.81. The van der Waals surface area contributed by atoms with Crippen LogP contribution < -0.4 is 5.73 Å². The lowest BCUT2D eigenvalue weighted by molar-refractivity contribution is -0.142. The number of carbonyl (C=O) groups is 1. The van der Waals surface area contributed by atoms with Gasteiger partial charge in [-0.3, -0.25) is 4.79 Å². The van der Waals surface area contributed by atoms with Gasteiger partial charge in [-0.05, 0) is 11.6 Å². The van der Waals surface area contributed by atoms with Crippen molar-refractivity contribution in [2.75, 3.05) is 7.11 Å². The Hall–Kier alpha value is -1.62. The standard InChI is InChI=1S/C10H12FNO3/c1-15-10(14)8(12)5-6-3-2-4-7(11)9(6)13/h2-4,8,13H,5,12H2,1H3/t8-/m1/s1. The molecule has 0 spiro atoms. The Bertz CT molecular complexity index is 368. The van der Waals surface area contributed by atoms with Crippen LogP contribution in [0.2, 0.25) is 0 Å². The summed E-state index contributed by atoms with van der Waals surface area (Å²) in [7, 11) is 1.22. The summed E-state index contributed by atoms with van der Waals surface area (Å²) in [4.78, 5) is 11.0. The number of esters is 1. The number of benzene rings is 1. The molecule has 0 fully saturated rings. The van der Waals surface area contributed by atoms with Crippen molar-refractivity contribution in [1.82, 2.24) is 0 Å². The van der Waals surface area contributed by atoms with Crippen molar-refractivity contribution in [3.8, 4) is 5.75 Å². The predicted octanol–water partition coefficient (Wildman–Crippen LogP) is 0.574. The highest BCUT2D eigenvalue weighted by Crippen LogP contribution is 2.21. The van der Waals surface area contributed by atoms with Crippen LogP contribution >= 0.6 is 0 Å². The van der Waals surface area contributed by atoms with Crippen molar-refractivity contribution in [2.45, 2.75) is 12.5 Å². The zero-order valence-corrected chi connectivity index (χ0v) is 8.24. The number of phenolic OH excluding ortho intramolecular Hbond substituents is 1. The number of carbonyl (C=O) groups excluding carboxylic acids is 1. The van der Waals surface area contributed by atoms with E-state index in [1.807, 2.05) is 0 Å². The van der Waals surface area contributed by atoms with E-state index in [-0.39, 0.29) is 12.0 Å². The van der Waals surface area contributed by atoms with E-state index in [0.717, 1.165) is 6.07 Å². The number of rotatable bonds is 3. The van der Waals surface area contributed by atoms with Gasteiger partial charge < -0.3 is 15.6 Å². The molecule has 1 aromatic rings. The first-order chi connectivity index (χ1) is 7.06. The monoisotopic (exact) mass is 213 g/mol. The van der Waals surface area contributed by atoms with Gasteiger partial charge >= 0.3 is 5.97 Å². The molecule has 0 heterocycles. The molecule has 15 heavy (non-hydrogen) atoms. The maximum absolute atomic E-state index is 12.9. The van der Waals surface area contributed by atoms with Gasteiger partial charge in [-0.25, -0.2) is 4.39 Å². The van der Waals surface area contributed by atoms with E-state index < -0.39 is 23.6 Å². The summed E-state index contributed by atoms with van der Waals surface area (Å²) in [5.41, 5.74) is 5.76. The van der Waals surface area contributed by atoms with Crippen LogP contribution in [-0.4, -0.2) is 24.2 Å². The number of halogens is 1. The molecule has 0 amide bonds. The van der Waals surface area contributed by atoms with E-state index in [4.69, 9.17) is 5.73 Å². The summed E-state index contributed by atoms with van der Waals surface area (Å²) in [6.07, 6.45) is 0.0380. The van der Waals surface area contributed by atoms with Gasteiger partial charge in [0.1, 0.15) is 6.04 Å². The first-order valence-corrected chi connectivity index (χ1v) is 4.36. The van der Waals surface area contributed by atoms with Crippen LogP contribution in [-0.2, 0) is 16.0 Å². The predicted molar refractivity (Wildman–Crippen MR) is 51.8 cm³/mol. The van der Waals surface area contributed by atoms with Gasteiger partial charge in [-0.2, -0.15) is 0 Å². The van der Waals surface area contributed by atoms with Crippen molar-refractivity contribution >= 4 is 5.97 Å². The van der Waals surface area contributed by atoms with Crippen LogP contribution in [0.3, 0.4) is 0 Å². The van der Waals surface area contributed by atoms with Crippen molar-refractivity contribution in [1.29, 1.82) is 0 Å². The van der Waals surface area contributed by atoms with Crippen molar-refractivity contribution in [3.63, 3.8) is 0 Å². The Morgan fingerprint density at radius 1 is 1.67 bits per heavy atom. The normalized spacial score (nSPS) is 12.2. The molecule has 0 aliphatic heterocycles. The number of aromatic hydroxyl groups is 1. The molecule has 5 heteroatoms. The smallest absolute Gasteiger partial charge is 0.322 e. The summed E-state index contributed by atoms with van der Waals surface area (Å²) in [5.74, 6) is -1.81. The average molecular weight is 213 g/mol. The first kappa shape index (κ1) is 11.5. The zero-order valence-electron chi connectivity index (χ0n) is 8.24. The molecular weight excluding hydrogens is 201 g/mol. The fourth-order valence-electron chi connectivity index (χ4n) is 1.20. The molecule has 0 bridgehead atoms. The molecule has 0 saturated heterocycles. The number of para-hydroxylation sites is 1. The van der Waals surface area contributed by atoms with Gasteiger partial charge in [0.2, 0.25) is 0 Å². The molecule has 0 aliphatic rings. The SMILES string of the molecule is COC(=O)[C@H](N)Cc1cccc(F)c1O. The van der Waals surface area contributed by atoms with Gasteiger partial charge in [0, 0.05) is 6.42 Å². The quantitative estimate of drug-likeness (QED) is 0.720. The Morgan fingerprint density at radius 2 is 2.33 bits per heavy atom. The maximum Gasteiger partial charge on any atom is 0.322 e. The molecule has 1 rings (SSSR count). The molecule has 0 saturated carbocycles. The van der Waals surface area contributed by atoms with E-state index in [1.165, 1.54) is 19.2 Å². The molecule has 82 valence electrons. The van der Waals surface area contributed by atoms with E-state index in [2.05, 4.69) is 4.74 Å². The lowest BCUT2D eigenvalue weighted by atomic mass is 10.1. The number of hydrogen-bond acceptors (Lipinski definition) is 4. The van der Waals surface area contributed by atoms with Crippen LogP contribution in [0, 0.1) is 5.82 Å². The maximum atomic E-state index is 12.9. The third kappa shape index (κ3) is 2.66. The lowest BCUT2D eigenvalue weighted by Gasteiger charge is -2.10. The zero-order chi connectivity index (χ0) is 11.4. The highest BCUT2D eigenvalue weighted by atomic mass is 19.1. The Morgan fingerprint density at radius 3 is 2.93 bits per heavy atom. The van der Waals surface area contributed by atoms with Crippen LogP contribution in [0.25, 0.3) is 0 Å². The molecule has 4 nitrogen and oxygen atoms in total. The molecule has 0 aromatic heterocycles. The van der Waals surface area contributed by atoms with E-state index in [1.54, 1.807) is 0 Å².